The molecule has 0 saturated heterocycles. The summed E-state index contributed by atoms with van der Waals surface area (Å²) in [4.78, 5) is 27.8. The zero-order valence-corrected chi connectivity index (χ0v) is 19.3. The second-order valence-corrected chi connectivity index (χ2v) is 9.45. The summed E-state index contributed by atoms with van der Waals surface area (Å²) < 4.78 is 16.1. The predicted molar refractivity (Wildman–Crippen MR) is 118 cm³/mol. The molecule has 1 atom stereocenters. The highest BCUT2D eigenvalue weighted by Gasteiger charge is 2.35. The fraction of sp³-hybridized carbons (Fsp3) is 0.500. The largest absolute Gasteiger partial charge is 0.357 e. The van der Waals surface area contributed by atoms with Gasteiger partial charge in [-0.2, -0.15) is 5.10 Å². The zero-order chi connectivity index (χ0) is 22.9. The maximum atomic E-state index is 14.6. The number of nitrogens with one attached hydrogen (secondary N) is 2. The van der Waals surface area contributed by atoms with Crippen molar-refractivity contribution in [2.45, 2.75) is 46.2 Å². The quantitative estimate of drug-likeness (QED) is 0.752. The smallest absolute Gasteiger partial charge is 0.272 e. The number of amides is 2. The molecule has 0 aliphatic carbocycles. The van der Waals surface area contributed by atoms with Gasteiger partial charge >= 0.3 is 0 Å². The molecule has 0 saturated carbocycles. The number of hydrogen-bond acceptors (Lipinski definition) is 4. The van der Waals surface area contributed by atoms with E-state index in [1.54, 1.807) is 0 Å². The van der Waals surface area contributed by atoms with Crippen molar-refractivity contribution in [3.05, 3.63) is 46.0 Å². The van der Waals surface area contributed by atoms with Crippen LogP contribution in [0.4, 0.5) is 4.39 Å². The third-order valence-corrected chi connectivity index (χ3v) is 5.71. The molecule has 7 nitrogen and oxygen atoms in total. The molecular weight excluding hydrogens is 421 g/mol. The van der Waals surface area contributed by atoms with Crippen molar-refractivity contribution < 1.29 is 14.0 Å². The van der Waals surface area contributed by atoms with E-state index in [1.807, 2.05) is 27.8 Å². The first-order chi connectivity index (χ1) is 14.5. The summed E-state index contributed by atoms with van der Waals surface area (Å²) in [5.74, 6) is -1.22. The molecule has 1 aliphatic rings. The molecule has 2 amide bonds. The molecule has 1 aromatic heterocycles. The van der Waals surface area contributed by atoms with Crippen LogP contribution in [-0.4, -0.2) is 53.2 Å². The van der Waals surface area contributed by atoms with Crippen LogP contribution in [-0.2, 0) is 17.8 Å². The highest BCUT2D eigenvalue weighted by molar-refractivity contribution is 6.30. The summed E-state index contributed by atoms with van der Waals surface area (Å²) in [6.07, 6.45) is 1.49. The molecule has 1 aromatic carbocycles. The summed E-state index contributed by atoms with van der Waals surface area (Å²) in [5, 5.41) is 10.3. The standard InChI is InChI=1S/C22H29ClFN5O2/c1-22(2,3)19(21(31)25-4)26-20(30)18-14-12-28(5)10-6-7-16(14)29(27-18)17-11-13(23)8-9-15(17)24/h8-9,11,19H,6-7,10,12H2,1-5H3,(H,25,31)(H,26,30). The normalized spacial score (nSPS) is 15.7. The Balaban J connectivity index is 2.10. The summed E-state index contributed by atoms with van der Waals surface area (Å²) in [5.41, 5.74) is 1.40. The lowest BCUT2D eigenvalue weighted by Crippen LogP contribution is -2.53. The molecule has 0 fully saturated rings. The van der Waals surface area contributed by atoms with E-state index < -0.39 is 23.2 Å². The van der Waals surface area contributed by atoms with Crippen LogP contribution < -0.4 is 10.6 Å². The van der Waals surface area contributed by atoms with Crippen LogP contribution >= 0.6 is 11.6 Å². The lowest BCUT2D eigenvalue weighted by Gasteiger charge is -2.29. The average Bonchev–Trinajstić information content (AvgIpc) is 2.92. The number of nitrogens with zero attached hydrogens (tertiary/aromatic N) is 3. The maximum absolute atomic E-state index is 14.6. The van der Waals surface area contributed by atoms with Crippen LogP contribution in [0.15, 0.2) is 18.2 Å². The van der Waals surface area contributed by atoms with Crippen LogP contribution in [0, 0.1) is 11.2 Å². The summed E-state index contributed by atoms with van der Waals surface area (Å²) in [6.45, 7) is 6.97. The molecule has 2 aromatic rings. The van der Waals surface area contributed by atoms with E-state index in [0.29, 0.717) is 18.0 Å². The first-order valence-electron chi connectivity index (χ1n) is 10.3. The number of fused-ring (bicyclic) bond motifs is 1. The van der Waals surface area contributed by atoms with Crippen molar-refractivity contribution in [2.75, 3.05) is 20.6 Å². The van der Waals surface area contributed by atoms with Crippen LogP contribution in [0.3, 0.4) is 0 Å². The van der Waals surface area contributed by atoms with E-state index in [2.05, 4.69) is 20.6 Å². The van der Waals surface area contributed by atoms with Crippen LogP contribution in [0.2, 0.25) is 5.02 Å². The number of halogens is 2. The van der Waals surface area contributed by atoms with Crippen LogP contribution in [0.1, 0.15) is 48.9 Å². The van der Waals surface area contributed by atoms with Gasteiger partial charge in [0.1, 0.15) is 17.5 Å². The lowest BCUT2D eigenvalue weighted by molar-refractivity contribution is -0.124. The second-order valence-electron chi connectivity index (χ2n) is 9.01. The first kappa shape index (κ1) is 23.2. The fourth-order valence-corrected chi connectivity index (χ4v) is 3.99. The zero-order valence-electron chi connectivity index (χ0n) is 18.6. The number of hydrogen-bond donors (Lipinski definition) is 2. The maximum Gasteiger partial charge on any atom is 0.272 e. The van der Waals surface area contributed by atoms with E-state index >= 15 is 0 Å². The number of benzene rings is 1. The van der Waals surface area contributed by atoms with Gasteiger partial charge in [-0.15, -0.1) is 0 Å². The Morgan fingerprint density at radius 1 is 1.29 bits per heavy atom. The Hall–Kier alpha value is -2.45. The van der Waals surface area contributed by atoms with Crippen molar-refractivity contribution >= 4 is 23.4 Å². The highest BCUT2D eigenvalue weighted by Crippen LogP contribution is 2.28. The number of aromatic nitrogens is 2. The van der Waals surface area contributed by atoms with Gasteiger partial charge in [0.15, 0.2) is 5.69 Å². The molecule has 1 unspecified atom stereocenters. The van der Waals surface area contributed by atoms with Gasteiger partial charge in [-0.1, -0.05) is 32.4 Å². The number of rotatable bonds is 4. The third-order valence-electron chi connectivity index (χ3n) is 5.47. The summed E-state index contributed by atoms with van der Waals surface area (Å²) in [7, 11) is 3.50. The van der Waals surface area contributed by atoms with Crippen molar-refractivity contribution in [2.24, 2.45) is 5.41 Å². The predicted octanol–water partition coefficient (Wildman–Crippen LogP) is 2.93. The Labute approximate surface area is 186 Å². The van der Waals surface area contributed by atoms with Gasteiger partial charge in [-0.25, -0.2) is 9.07 Å². The highest BCUT2D eigenvalue weighted by atomic mass is 35.5. The van der Waals surface area contributed by atoms with Gasteiger partial charge in [0.25, 0.3) is 5.91 Å². The van der Waals surface area contributed by atoms with E-state index in [-0.39, 0.29) is 17.3 Å². The topological polar surface area (TPSA) is 79.3 Å². The van der Waals surface area contributed by atoms with Gasteiger partial charge in [0, 0.05) is 29.9 Å². The minimum Gasteiger partial charge on any atom is -0.357 e. The second kappa shape index (κ2) is 8.96. The van der Waals surface area contributed by atoms with Crippen LogP contribution in [0.25, 0.3) is 5.69 Å². The fourth-order valence-electron chi connectivity index (χ4n) is 3.82. The number of carbonyl (C=O) groups excluding carboxylic acids is 2. The Morgan fingerprint density at radius 2 is 2.00 bits per heavy atom. The van der Waals surface area contributed by atoms with E-state index in [4.69, 9.17) is 11.6 Å². The van der Waals surface area contributed by atoms with Crippen molar-refractivity contribution in [3.8, 4) is 5.69 Å². The minimum absolute atomic E-state index is 0.196. The molecule has 1 aliphatic heterocycles. The molecule has 0 spiro atoms. The Kier molecular flexibility index (Phi) is 6.71. The van der Waals surface area contributed by atoms with Gasteiger partial charge in [0.2, 0.25) is 5.91 Å². The minimum atomic E-state index is -0.753. The van der Waals surface area contributed by atoms with Crippen molar-refractivity contribution in [1.29, 1.82) is 0 Å². The first-order valence-corrected chi connectivity index (χ1v) is 10.7. The third kappa shape index (κ3) is 4.91. The van der Waals surface area contributed by atoms with Gasteiger partial charge in [-0.3, -0.25) is 9.59 Å². The van der Waals surface area contributed by atoms with E-state index in [0.717, 1.165) is 24.2 Å². The number of likely N-dealkylation sites (N-methyl/N-ethyl adjacent to an activating group) is 1. The van der Waals surface area contributed by atoms with E-state index in [9.17, 15) is 14.0 Å². The lowest BCUT2D eigenvalue weighted by atomic mass is 9.86. The van der Waals surface area contributed by atoms with Crippen molar-refractivity contribution in [1.82, 2.24) is 25.3 Å². The molecule has 31 heavy (non-hydrogen) atoms. The molecule has 0 bridgehead atoms. The summed E-state index contributed by atoms with van der Waals surface area (Å²) >= 11 is 6.10. The van der Waals surface area contributed by atoms with Crippen molar-refractivity contribution in [3.63, 3.8) is 0 Å². The Morgan fingerprint density at radius 3 is 2.65 bits per heavy atom. The van der Waals surface area contributed by atoms with Gasteiger partial charge in [-0.05, 0) is 50.0 Å². The molecule has 2 heterocycles. The SMILES string of the molecule is CNC(=O)C(NC(=O)c1nn(-c2cc(Cl)ccc2F)c2c1CN(C)CCC2)C(C)(C)C. The molecular formula is C22H29ClFN5O2. The number of carbonyl (C=O) groups is 2. The molecule has 0 radical (unpaired) electrons. The molecule has 3 rings (SSSR count). The van der Waals surface area contributed by atoms with Gasteiger partial charge < -0.3 is 15.5 Å². The summed E-state index contributed by atoms with van der Waals surface area (Å²) in [6, 6.07) is 3.51. The Bertz CT molecular complexity index is 999. The van der Waals surface area contributed by atoms with E-state index in [1.165, 1.54) is 29.9 Å². The average molecular weight is 450 g/mol. The van der Waals surface area contributed by atoms with Crippen LogP contribution in [0.5, 0.6) is 0 Å². The molecule has 9 heteroatoms. The van der Waals surface area contributed by atoms with Gasteiger partial charge in [0.05, 0.1) is 0 Å². The molecule has 168 valence electrons. The monoisotopic (exact) mass is 449 g/mol. The molecule has 2 N–H and O–H groups in total.